The summed E-state index contributed by atoms with van der Waals surface area (Å²) in [5.41, 5.74) is 1.13. The quantitative estimate of drug-likeness (QED) is 0.688. The van der Waals surface area contributed by atoms with E-state index < -0.39 is 5.82 Å². The highest BCUT2D eigenvalue weighted by molar-refractivity contribution is 9.10. The molecule has 0 aromatic heterocycles. The second-order valence-corrected chi connectivity index (χ2v) is 5.89. The van der Waals surface area contributed by atoms with E-state index in [-0.39, 0.29) is 12.2 Å². The van der Waals surface area contributed by atoms with Gasteiger partial charge in [-0.1, -0.05) is 31.9 Å². The number of hydrogen-bond acceptors (Lipinski definition) is 2. The average Bonchev–Trinajstić information content (AvgIpc) is 2.43. The standard InChI is InChI=1S/C15H11Br2FO2/c1-20-11-3-5-13(16)9(6-11)7-15(19)12-8-10(18)2-4-14(12)17/h2-6,8H,7H2,1H3. The number of benzene rings is 2. The molecular weight excluding hydrogens is 391 g/mol. The minimum atomic E-state index is -0.429. The lowest BCUT2D eigenvalue weighted by Gasteiger charge is -2.08. The monoisotopic (exact) mass is 400 g/mol. The van der Waals surface area contributed by atoms with E-state index >= 15 is 0 Å². The van der Waals surface area contributed by atoms with Crippen molar-refractivity contribution in [1.82, 2.24) is 0 Å². The third-order valence-corrected chi connectivity index (χ3v) is 4.30. The zero-order valence-electron chi connectivity index (χ0n) is 10.6. The Kier molecular flexibility index (Phi) is 4.94. The zero-order chi connectivity index (χ0) is 14.7. The Morgan fingerprint density at radius 2 is 1.85 bits per heavy atom. The zero-order valence-corrected chi connectivity index (χ0v) is 13.8. The largest absolute Gasteiger partial charge is 0.497 e. The molecule has 0 aliphatic rings. The fraction of sp³-hybridized carbons (Fsp3) is 0.133. The minimum absolute atomic E-state index is 0.162. The molecule has 2 aromatic carbocycles. The van der Waals surface area contributed by atoms with Gasteiger partial charge in [0.1, 0.15) is 11.6 Å². The van der Waals surface area contributed by atoms with Gasteiger partial charge in [-0.05, 0) is 42.0 Å². The van der Waals surface area contributed by atoms with Gasteiger partial charge in [-0.3, -0.25) is 4.79 Å². The van der Waals surface area contributed by atoms with Crippen molar-refractivity contribution in [2.75, 3.05) is 7.11 Å². The second-order valence-electron chi connectivity index (χ2n) is 4.18. The first-order chi connectivity index (χ1) is 9.51. The molecular formula is C15H11Br2FO2. The summed E-state index contributed by atoms with van der Waals surface area (Å²) in [6.07, 6.45) is 0.167. The molecule has 0 aliphatic heterocycles. The van der Waals surface area contributed by atoms with Gasteiger partial charge < -0.3 is 4.74 Å². The summed E-state index contributed by atoms with van der Waals surface area (Å²) >= 11 is 6.67. The third kappa shape index (κ3) is 3.46. The molecule has 0 saturated heterocycles. The predicted octanol–water partition coefficient (Wildman–Crippen LogP) is 4.78. The van der Waals surface area contributed by atoms with Crippen molar-refractivity contribution in [2.24, 2.45) is 0 Å². The first kappa shape index (κ1) is 15.2. The van der Waals surface area contributed by atoms with Crippen LogP contribution in [0.5, 0.6) is 5.75 Å². The Morgan fingerprint density at radius 3 is 2.55 bits per heavy atom. The third-order valence-electron chi connectivity index (χ3n) is 2.83. The summed E-state index contributed by atoms with van der Waals surface area (Å²) < 4.78 is 19.8. The molecule has 0 N–H and O–H groups in total. The highest BCUT2D eigenvalue weighted by Gasteiger charge is 2.14. The molecule has 0 spiro atoms. The van der Waals surface area contributed by atoms with E-state index in [0.29, 0.717) is 15.8 Å². The SMILES string of the molecule is COc1ccc(Br)c(CC(=O)c2cc(F)ccc2Br)c1. The lowest BCUT2D eigenvalue weighted by Crippen LogP contribution is -2.06. The van der Waals surface area contributed by atoms with Gasteiger partial charge in [-0.15, -0.1) is 0 Å². The molecule has 104 valence electrons. The van der Waals surface area contributed by atoms with Crippen molar-refractivity contribution in [2.45, 2.75) is 6.42 Å². The van der Waals surface area contributed by atoms with Crippen LogP contribution in [0.3, 0.4) is 0 Å². The maximum absolute atomic E-state index is 13.2. The van der Waals surface area contributed by atoms with Crippen molar-refractivity contribution >= 4 is 37.6 Å². The molecule has 0 amide bonds. The van der Waals surface area contributed by atoms with Gasteiger partial charge in [0.25, 0.3) is 0 Å². The van der Waals surface area contributed by atoms with Crippen LogP contribution in [-0.4, -0.2) is 12.9 Å². The van der Waals surface area contributed by atoms with Crippen LogP contribution in [0.25, 0.3) is 0 Å². The van der Waals surface area contributed by atoms with Gasteiger partial charge in [0.05, 0.1) is 7.11 Å². The predicted molar refractivity (Wildman–Crippen MR) is 82.8 cm³/mol. The van der Waals surface area contributed by atoms with E-state index in [9.17, 15) is 9.18 Å². The Bertz CT molecular complexity index is 656. The van der Waals surface area contributed by atoms with Crippen LogP contribution in [0.2, 0.25) is 0 Å². The van der Waals surface area contributed by atoms with E-state index in [1.165, 1.54) is 18.2 Å². The maximum Gasteiger partial charge on any atom is 0.168 e. The molecule has 5 heteroatoms. The number of Topliss-reactive ketones (excluding diaryl/α,β-unsaturated/α-hetero) is 1. The smallest absolute Gasteiger partial charge is 0.168 e. The summed E-state index contributed by atoms with van der Waals surface area (Å²) in [6.45, 7) is 0. The molecule has 0 heterocycles. The van der Waals surface area contributed by atoms with Crippen molar-refractivity contribution in [1.29, 1.82) is 0 Å². The van der Waals surface area contributed by atoms with Crippen LogP contribution in [0.4, 0.5) is 4.39 Å². The molecule has 2 rings (SSSR count). The van der Waals surface area contributed by atoms with Crippen LogP contribution in [0.1, 0.15) is 15.9 Å². The average molecular weight is 402 g/mol. The van der Waals surface area contributed by atoms with Crippen molar-refractivity contribution in [3.05, 3.63) is 62.3 Å². The molecule has 0 fully saturated rings. The molecule has 0 aliphatic carbocycles. The highest BCUT2D eigenvalue weighted by Crippen LogP contribution is 2.25. The Morgan fingerprint density at radius 1 is 1.15 bits per heavy atom. The van der Waals surface area contributed by atoms with Crippen LogP contribution < -0.4 is 4.74 Å². The van der Waals surface area contributed by atoms with E-state index in [4.69, 9.17) is 4.74 Å². The second kappa shape index (κ2) is 6.50. The topological polar surface area (TPSA) is 26.3 Å². The lowest BCUT2D eigenvalue weighted by molar-refractivity contribution is 0.0991. The van der Waals surface area contributed by atoms with Crippen LogP contribution in [0, 0.1) is 5.82 Å². The van der Waals surface area contributed by atoms with Crippen LogP contribution in [0.15, 0.2) is 45.3 Å². The minimum Gasteiger partial charge on any atom is -0.497 e. The Balaban J connectivity index is 2.30. The van der Waals surface area contributed by atoms with Gasteiger partial charge in [0.15, 0.2) is 5.78 Å². The maximum atomic E-state index is 13.2. The molecule has 2 aromatic rings. The first-order valence-corrected chi connectivity index (χ1v) is 7.40. The van der Waals surface area contributed by atoms with E-state index in [0.717, 1.165) is 10.0 Å². The fourth-order valence-corrected chi connectivity index (χ4v) is 2.65. The number of ketones is 1. The molecule has 20 heavy (non-hydrogen) atoms. The summed E-state index contributed by atoms with van der Waals surface area (Å²) in [4.78, 5) is 12.3. The summed E-state index contributed by atoms with van der Waals surface area (Å²) in [5.74, 6) is 0.0842. The summed E-state index contributed by atoms with van der Waals surface area (Å²) in [6, 6.07) is 9.49. The fourth-order valence-electron chi connectivity index (χ4n) is 1.79. The molecule has 0 radical (unpaired) electrons. The number of hydrogen-bond donors (Lipinski definition) is 0. The van der Waals surface area contributed by atoms with Gasteiger partial charge in [-0.25, -0.2) is 4.39 Å². The molecule has 0 saturated carbocycles. The number of rotatable bonds is 4. The normalized spacial score (nSPS) is 10.4. The van der Waals surface area contributed by atoms with Gasteiger partial charge in [0, 0.05) is 20.9 Å². The van der Waals surface area contributed by atoms with E-state index in [2.05, 4.69) is 31.9 Å². The van der Waals surface area contributed by atoms with Gasteiger partial charge in [0.2, 0.25) is 0 Å². The number of halogens is 3. The van der Waals surface area contributed by atoms with E-state index in [1.54, 1.807) is 19.2 Å². The summed E-state index contributed by atoms with van der Waals surface area (Å²) in [7, 11) is 1.57. The number of methoxy groups -OCH3 is 1. The lowest BCUT2D eigenvalue weighted by atomic mass is 10.0. The van der Waals surface area contributed by atoms with Gasteiger partial charge >= 0.3 is 0 Å². The molecule has 0 bridgehead atoms. The Hall–Kier alpha value is -1.20. The molecule has 2 nitrogen and oxygen atoms in total. The van der Waals surface area contributed by atoms with Crippen LogP contribution >= 0.6 is 31.9 Å². The number of ether oxygens (including phenoxy) is 1. The summed E-state index contributed by atoms with van der Waals surface area (Å²) in [5, 5.41) is 0. The molecule has 0 unspecified atom stereocenters. The molecule has 0 atom stereocenters. The van der Waals surface area contributed by atoms with Crippen LogP contribution in [-0.2, 0) is 6.42 Å². The van der Waals surface area contributed by atoms with Crippen molar-refractivity contribution in [3.8, 4) is 5.75 Å². The van der Waals surface area contributed by atoms with Crippen molar-refractivity contribution < 1.29 is 13.9 Å². The van der Waals surface area contributed by atoms with Crippen molar-refractivity contribution in [3.63, 3.8) is 0 Å². The first-order valence-electron chi connectivity index (χ1n) is 5.82. The number of carbonyl (C=O) groups excluding carboxylic acids is 1. The number of carbonyl (C=O) groups is 1. The Labute approximate surface area is 133 Å². The van der Waals surface area contributed by atoms with Gasteiger partial charge in [-0.2, -0.15) is 0 Å². The highest BCUT2D eigenvalue weighted by atomic mass is 79.9. The van der Waals surface area contributed by atoms with E-state index in [1.807, 2.05) is 6.07 Å².